The van der Waals surface area contributed by atoms with E-state index < -0.39 is 11.6 Å². The van der Waals surface area contributed by atoms with Crippen molar-refractivity contribution in [2.75, 3.05) is 0 Å². The Hall–Kier alpha value is -0.860. The smallest absolute Gasteiger partial charge is 0.313 e. The third-order valence-corrected chi connectivity index (χ3v) is 2.57. The average Bonchev–Trinajstić information content (AvgIpc) is 1.79. The van der Waals surface area contributed by atoms with Gasteiger partial charge in [0, 0.05) is 5.41 Å². The third-order valence-electron chi connectivity index (χ3n) is 2.57. The molecule has 0 saturated carbocycles. The van der Waals surface area contributed by atoms with E-state index in [2.05, 4.69) is 0 Å². The van der Waals surface area contributed by atoms with Crippen molar-refractivity contribution in [2.24, 2.45) is 5.41 Å². The molecule has 0 bridgehead atoms. The predicted octanol–water partition coefficient (Wildman–Crippen LogP) is 2.33. The number of hydrogen-bond donors (Lipinski definition) is 0. The Morgan fingerprint density at radius 2 is 1.50 bits per heavy atom. The van der Waals surface area contributed by atoms with E-state index in [1.54, 1.807) is 0 Å². The van der Waals surface area contributed by atoms with Crippen LogP contribution in [0.5, 0.6) is 0 Å². The Labute approximate surface area is 85.8 Å². The maximum Gasteiger partial charge on any atom is 0.313 e. The summed E-state index contributed by atoms with van der Waals surface area (Å²) in [4.78, 5) is 22.0. The van der Waals surface area contributed by atoms with Crippen molar-refractivity contribution in [3.8, 4) is 0 Å². The van der Waals surface area contributed by atoms with Gasteiger partial charge in [-0.2, -0.15) is 0 Å². The van der Waals surface area contributed by atoms with Gasteiger partial charge in [0.2, 0.25) is 0 Å². The molecular weight excluding hydrogens is 180 g/mol. The molecule has 0 heterocycles. The zero-order valence-electron chi connectivity index (χ0n) is 9.93. The van der Waals surface area contributed by atoms with Crippen LogP contribution in [0.1, 0.15) is 48.0 Å². The Bertz CT molecular complexity index is 233. The van der Waals surface area contributed by atoms with Crippen LogP contribution in [-0.2, 0) is 14.3 Å². The van der Waals surface area contributed by atoms with Gasteiger partial charge in [-0.05, 0) is 20.8 Å². The number of rotatable bonds is 3. The lowest BCUT2D eigenvalue weighted by atomic mass is 9.79. The minimum absolute atomic E-state index is 0.139. The first-order valence-electron chi connectivity index (χ1n) is 4.77. The van der Waals surface area contributed by atoms with E-state index in [1.165, 1.54) is 6.92 Å². The summed E-state index contributed by atoms with van der Waals surface area (Å²) in [7, 11) is 0. The van der Waals surface area contributed by atoms with Crippen LogP contribution in [0.2, 0.25) is 0 Å². The number of ketones is 1. The highest BCUT2D eigenvalue weighted by Gasteiger charge is 2.36. The number of ether oxygens (including phenoxy) is 1. The van der Waals surface area contributed by atoms with E-state index in [0.717, 1.165) is 0 Å². The molecule has 82 valence electrons. The van der Waals surface area contributed by atoms with Crippen LogP contribution in [0.3, 0.4) is 0 Å². The SMILES string of the molecule is CC(=O)CC(=O)OC(C)(C)C(C)(C)C. The summed E-state index contributed by atoms with van der Waals surface area (Å²) in [6, 6.07) is 0. The fourth-order valence-electron chi connectivity index (χ4n) is 0.677. The maximum atomic E-state index is 11.3. The van der Waals surface area contributed by atoms with Crippen molar-refractivity contribution in [1.82, 2.24) is 0 Å². The van der Waals surface area contributed by atoms with Gasteiger partial charge < -0.3 is 4.74 Å². The summed E-state index contributed by atoms with van der Waals surface area (Å²) in [5.74, 6) is -0.614. The zero-order chi connectivity index (χ0) is 11.6. The predicted molar refractivity (Wildman–Crippen MR) is 54.9 cm³/mol. The second-order valence-corrected chi connectivity index (χ2v) is 5.11. The van der Waals surface area contributed by atoms with Gasteiger partial charge in [-0.25, -0.2) is 0 Å². The highest BCUT2D eigenvalue weighted by molar-refractivity contribution is 5.94. The van der Waals surface area contributed by atoms with Crippen molar-refractivity contribution in [2.45, 2.75) is 53.6 Å². The van der Waals surface area contributed by atoms with E-state index in [4.69, 9.17) is 4.74 Å². The van der Waals surface area contributed by atoms with Crippen LogP contribution < -0.4 is 0 Å². The minimum Gasteiger partial charge on any atom is -0.459 e. The number of carbonyl (C=O) groups is 2. The summed E-state index contributed by atoms with van der Waals surface area (Å²) >= 11 is 0. The van der Waals surface area contributed by atoms with Crippen molar-refractivity contribution < 1.29 is 14.3 Å². The third kappa shape index (κ3) is 3.90. The van der Waals surface area contributed by atoms with Crippen molar-refractivity contribution in [3.63, 3.8) is 0 Å². The molecule has 0 aliphatic rings. The summed E-state index contributed by atoms with van der Waals surface area (Å²) < 4.78 is 5.25. The van der Waals surface area contributed by atoms with E-state index >= 15 is 0 Å². The van der Waals surface area contributed by atoms with Crippen LogP contribution in [0.25, 0.3) is 0 Å². The van der Waals surface area contributed by atoms with Crippen LogP contribution >= 0.6 is 0 Å². The number of Topliss-reactive ketones (excluding diaryl/α,β-unsaturated/α-hetero) is 1. The molecular formula is C11H20O3. The molecule has 0 atom stereocenters. The first-order chi connectivity index (χ1) is 6.06. The van der Waals surface area contributed by atoms with Gasteiger partial charge in [-0.3, -0.25) is 9.59 Å². The molecule has 3 heteroatoms. The van der Waals surface area contributed by atoms with Crippen molar-refractivity contribution in [1.29, 1.82) is 0 Å². The van der Waals surface area contributed by atoms with Crippen LogP contribution in [0.15, 0.2) is 0 Å². The number of hydrogen-bond acceptors (Lipinski definition) is 3. The molecule has 0 radical (unpaired) electrons. The van der Waals surface area contributed by atoms with Crippen molar-refractivity contribution in [3.05, 3.63) is 0 Å². The highest BCUT2D eigenvalue weighted by Crippen LogP contribution is 2.33. The van der Waals surface area contributed by atoms with Crippen LogP contribution in [0, 0.1) is 5.41 Å². The normalized spacial score (nSPS) is 12.4. The lowest BCUT2D eigenvalue weighted by Gasteiger charge is -2.37. The molecule has 14 heavy (non-hydrogen) atoms. The molecule has 0 amide bonds. The Morgan fingerprint density at radius 1 is 1.07 bits per heavy atom. The van der Waals surface area contributed by atoms with Gasteiger partial charge >= 0.3 is 5.97 Å². The van der Waals surface area contributed by atoms with Gasteiger partial charge in [0.15, 0.2) is 0 Å². The van der Waals surface area contributed by atoms with Gasteiger partial charge in [0.1, 0.15) is 17.8 Å². The monoisotopic (exact) mass is 200 g/mol. The fraction of sp³-hybridized carbons (Fsp3) is 0.818. The molecule has 0 fully saturated rings. The fourth-order valence-corrected chi connectivity index (χ4v) is 0.677. The van der Waals surface area contributed by atoms with Gasteiger partial charge in [0.25, 0.3) is 0 Å². The van der Waals surface area contributed by atoms with E-state index in [0.29, 0.717) is 0 Å². The van der Waals surface area contributed by atoms with Gasteiger partial charge in [0.05, 0.1) is 0 Å². The van der Waals surface area contributed by atoms with Crippen LogP contribution in [-0.4, -0.2) is 17.4 Å². The lowest BCUT2D eigenvalue weighted by molar-refractivity contribution is -0.167. The average molecular weight is 200 g/mol. The topological polar surface area (TPSA) is 43.4 Å². The second kappa shape index (κ2) is 4.11. The quantitative estimate of drug-likeness (QED) is 0.518. The maximum absolute atomic E-state index is 11.3. The molecule has 0 aromatic carbocycles. The minimum atomic E-state index is -0.556. The molecule has 0 unspecified atom stereocenters. The van der Waals surface area contributed by atoms with Gasteiger partial charge in [-0.1, -0.05) is 20.8 Å². The summed E-state index contributed by atoms with van der Waals surface area (Å²) in [6.45, 7) is 11.1. The Morgan fingerprint density at radius 3 is 1.79 bits per heavy atom. The van der Waals surface area contributed by atoms with E-state index in [9.17, 15) is 9.59 Å². The molecule has 0 spiro atoms. The summed E-state index contributed by atoms with van der Waals surface area (Å²) in [5.41, 5.74) is -0.695. The molecule has 0 saturated heterocycles. The van der Waals surface area contributed by atoms with Crippen LogP contribution in [0.4, 0.5) is 0 Å². The number of carbonyl (C=O) groups excluding carboxylic acids is 2. The molecule has 0 aromatic heterocycles. The number of esters is 1. The molecule has 3 nitrogen and oxygen atoms in total. The Kier molecular flexibility index (Phi) is 3.86. The molecule has 0 N–H and O–H groups in total. The zero-order valence-corrected chi connectivity index (χ0v) is 9.93. The summed E-state index contributed by atoms with van der Waals surface area (Å²) in [6.07, 6.45) is -0.139. The summed E-state index contributed by atoms with van der Waals surface area (Å²) in [5, 5.41) is 0. The van der Waals surface area contributed by atoms with E-state index in [-0.39, 0.29) is 17.6 Å². The second-order valence-electron chi connectivity index (χ2n) is 5.11. The molecule has 0 rings (SSSR count). The Balaban J connectivity index is 4.37. The molecule has 0 aliphatic carbocycles. The van der Waals surface area contributed by atoms with Crippen molar-refractivity contribution >= 4 is 11.8 Å². The molecule has 0 aromatic rings. The standard InChI is InChI=1S/C11H20O3/c1-8(12)7-9(13)14-11(5,6)10(2,3)4/h7H2,1-6H3. The molecule has 0 aliphatic heterocycles. The largest absolute Gasteiger partial charge is 0.459 e. The first kappa shape index (κ1) is 13.1. The first-order valence-corrected chi connectivity index (χ1v) is 4.77. The lowest BCUT2D eigenvalue weighted by Crippen LogP contribution is -2.41. The van der Waals surface area contributed by atoms with E-state index in [1.807, 2.05) is 34.6 Å². The highest BCUT2D eigenvalue weighted by atomic mass is 16.6. The van der Waals surface area contributed by atoms with Gasteiger partial charge in [-0.15, -0.1) is 0 Å².